The highest BCUT2D eigenvalue weighted by Crippen LogP contribution is 2.19. The van der Waals surface area contributed by atoms with E-state index in [4.69, 9.17) is 0 Å². The summed E-state index contributed by atoms with van der Waals surface area (Å²) in [7, 11) is 0. The van der Waals surface area contributed by atoms with E-state index in [1.54, 1.807) is 18.7 Å². The molecule has 0 fully saturated rings. The molecule has 136 valence electrons. The van der Waals surface area contributed by atoms with E-state index in [0.29, 0.717) is 13.0 Å². The maximum Gasteiger partial charge on any atom is 0.220 e. The number of nitrogens with one attached hydrogen (secondary N) is 2. The Labute approximate surface area is 157 Å². The highest BCUT2D eigenvalue weighted by atomic mass is 16.1. The molecule has 1 aromatic carbocycles. The van der Waals surface area contributed by atoms with Gasteiger partial charge >= 0.3 is 0 Å². The van der Waals surface area contributed by atoms with Gasteiger partial charge in [0.25, 0.3) is 0 Å². The Morgan fingerprint density at radius 1 is 1.19 bits per heavy atom. The number of nitrogens with zero attached hydrogens (tertiary/aromatic N) is 3. The Balaban J connectivity index is 1.24. The maximum absolute atomic E-state index is 12.1. The van der Waals surface area contributed by atoms with Crippen molar-refractivity contribution in [2.75, 3.05) is 0 Å². The largest absolute Gasteiger partial charge is 0.361 e. The minimum atomic E-state index is 0.0635. The molecule has 0 atom stereocenters. The molecule has 0 radical (unpaired) electrons. The Morgan fingerprint density at radius 3 is 2.93 bits per heavy atom. The minimum Gasteiger partial charge on any atom is -0.361 e. The van der Waals surface area contributed by atoms with E-state index < -0.39 is 0 Å². The average molecular weight is 359 g/mol. The number of rotatable bonds is 7. The third-order valence-electron chi connectivity index (χ3n) is 4.59. The van der Waals surface area contributed by atoms with E-state index in [0.717, 1.165) is 29.7 Å². The molecule has 0 unspecified atom stereocenters. The van der Waals surface area contributed by atoms with E-state index in [1.165, 1.54) is 10.9 Å². The summed E-state index contributed by atoms with van der Waals surface area (Å²) in [6, 6.07) is 12.1. The molecule has 0 saturated heterocycles. The van der Waals surface area contributed by atoms with Crippen LogP contribution in [0.5, 0.6) is 0 Å². The Morgan fingerprint density at radius 2 is 2.11 bits per heavy atom. The minimum absolute atomic E-state index is 0.0635. The number of imidazole rings is 1. The number of carbonyl (C=O) groups excluding carboxylic acids is 1. The number of aromatic nitrogens is 4. The second kappa shape index (κ2) is 7.86. The van der Waals surface area contributed by atoms with Crippen molar-refractivity contribution in [3.63, 3.8) is 0 Å². The number of fused-ring (bicyclic) bond motifs is 1. The Hall–Kier alpha value is -3.41. The molecule has 1 amide bonds. The smallest absolute Gasteiger partial charge is 0.220 e. The second-order valence-corrected chi connectivity index (χ2v) is 6.48. The average Bonchev–Trinajstić information content (AvgIpc) is 3.37. The molecule has 2 N–H and O–H groups in total. The molecule has 0 saturated carbocycles. The summed E-state index contributed by atoms with van der Waals surface area (Å²) in [4.78, 5) is 23.8. The van der Waals surface area contributed by atoms with Gasteiger partial charge in [-0.15, -0.1) is 0 Å². The van der Waals surface area contributed by atoms with Crippen LogP contribution in [0, 0.1) is 0 Å². The zero-order valence-corrected chi connectivity index (χ0v) is 14.9. The molecular formula is C21H21N5O. The Kier molecular flexibility index (Phi) is 4.96. The van der Waals surface area contributed by atoms with E-state index in [1.807, 2.05) is 41.2 Å². The molecule has 0 aliphatic carbocycles. The van der Waals surface area contributed by atoms with Crippen molar-refractivity contribution < 1.29 is 4.79 Å². The summed E-state index contributed by atoms with van der Waals surface area (Å²) in [5.74, 6) is 0.870. The van der Waals surface area contributed by atoms with Crippen molar-refractivity contribution >= 4 is 16.8 Å². The monoisotopic (exact) mass is 359 g/mol. The van der Waals surface area contributed by atoms with Crippen LogP contribution in [0.25, 0.3) is 16.7 Å². The van der Waals surface area contributed by atoms with Gasteiger partial charge in [0.15, 0.2) is 0 Å². The molecule has 0 bridgehead atoms. The second-order valence-electron chi connectivity index (χ2n) is 6.48. The van der Waals surface area contributed by atoms with Crippen LogP contribution in [0.3, 0.4) is 0 Å². The summed E-state index contributed by atoms with van der Waals surface area (Å²) in [5.41, 5.74) is 3.38. The van der Waals surface area contributed by atoms with Gasteiger partial charge in [-0.2, -0.15) is 0 Å². The molecule has 27 heavy (non-hydrogen) atoms. The van der Waals surface area contributed by atoms with Crippen molar-refractivity contribution in [3.05, 3.63) is 78.6 Å². The number of hydrogen-bond acceptors (Lipinski definition) is 3. The van der Waals surface area contributed by atoms with Gasteiger partial charge in [0, 0.05) is 48.7 Å². The first-order chi connectivity index (χ1) is 13.3. The highest BCUT2D eigenvalue weighted by Gasteiger charge is 2.06. The molecule has 3 heterocycles. The topological polar surface area (TPSA) is 75.6 Å². The fourth-order valence-electron chi connectivity index (χ4n) is 3.14. The summed E-state index contributed by atoms with van der Waals surface area (Å²) < 4.78 is 1.84. The standard InChI is InChI=1S/C21H21N5O/c27-21(7-3-4-17-14-23-19-6-2-1-5-18(17)19)25-13-16-8-9-20(24-12-16)26-11-10-22-15-26/h1-2,5-6,8-12,14-15,23H,3-4,7,13H2,(H,25,27). The zero-order chi connectivity index (χ0) is 18.5. The number of para-hydroxylation sites is 1. The van der Waals surface area contributed by atoms with Crippen LogP contribution in [-0.2, 0) is 17.8 Å². The first-order valence-electron chi connectivity index (χ1n) is 9.04. The molecule has 0 aliphatic heterocycles. The SMILES string of the molecule is O=C(CCCc1c[nH]c2ccccc12)NCc1ccc(-n2ccnc2)nc1. The van der Waals surface area contributed by atoms with Gasteiger partial charge in [0.1, 0.15) is 12.1 Å². The van der Waals surface area contributed by atoms with Gasteiger partial charge in [-0.1, -0.05) is 24.3 Å². The van der Waals surface area contributed by atoms with Gasteiger partial charge < -0.3 is 10.3 Å². The van der Waals surface area contributed by atoms with Crippen molar-refractivity contribution in [3.8, 4) is 5.82 Å². The van der Waals surface area contributed by atoms with E-state index >= 15 is 0 Å². The van der Waals surface area contributed by atoms with Crippen LogP contribution in [0.1, 0.15) is 24.0 Å². The van der Waals surface area contributed by atoms with Crippen LogP contribution in [0.2, 0.25) is 0 Å². The van der Waals surface area contributed by atoms with Gasteiger partial charge in [-0.05, 0) is 36.1 Å². The summed E-state index contributed by atoms with van der Waals surface area (Å²) >= 11 is 0. The molecule has 4 aromatic rings. The number of aryl methyl sites for hydroxylation is 1. The van der Waals surface area contributed by atoms with Crippen LogP contribution < -0.4 is 5.32 Å². The lowest BCUT2D eigenvalue weighted by Gasteiger charge is -2.06. The molecule has 6 nitrogen and oxygen atoms in total. The van der Waals surface area contributed by atoms with Gasteiger partial charge in [-0.25, -0.2) is 9.97 Å². The highest BCUT2D eigenvalue weighted by molar-refractivity contribution is 5.83. The summed E-state index contributed by atoms with van der Waals surface area (Å²) in [6.45, 7) is 0.489. The van der Waals surface area contributed by atoms with Crippen molar-refractivity contribution in [2.45, 2.75) is 25.8 Å². The molecular weight excluding hydrogens is 338 g/mol. The molecule has 4 rings (SSSR count). The van der Waals surface area contributed by atoms with Crippen molar-refractivity contribution in [2.24, 2.45) is 0 Å². The number of pyridine rings is 1. The predicted molar refractivity (Wildman–Crippen MR) is 104 cm³/mol. The Bertz CT molecular complexity index is 1020. The van der Waals surface area contributed by atoms with Gasteiger partial charge in [-0.3, -0.25) is 9.36 Å². The van der Waals surface area contributed by atoms with Crippen molar-refractivity contribution in [1.82, 2.24) is 24.8 Å². The van der Waals surface area contributed by atoms with Crippen LogP contribution in [0.15, 0.2) is 67.5 Å². The lowest BCUT2D eigenvalue weighted by atomic mass is 10.1. The quantitative estimate of drug-likeness (QED) is 0.531. The predicted octanol–water partition coefficient (Wildman–Crippen LogP) is 3.39. The molecule has 3 aromatic heterocycles. The maximum atomic E-state index is 12.1. The number of carbonyl (C=O) groups is 1. The third kappa shape index (κ3) is 4.06. The fourth-order valence-corrected chi connectivity index (χ4v) is 3.14. The van der Waals surface area contributed by atoms with Gasteiger partial charge in [0.2, 0.25) is 5.91 Å². The fraction of sp³-hybridized carbons (Fsp3) is 0.190. The van der Waals surface area contributed by atoms with Crippen LogP contribution in [0.4, 0.5) is 0 Å². The summed E-state index contributed by atoms with van der Waals surface area (Å²) in [5, 5.41) is 4.20. The molecule has 0 spiro atoms. The number of benzene rings is 1. The normalized spacial score (nSPS) is 11.0. The molecule has 0 aliphatic rings. The first-order valence-corrected chi connectivity index (χ1v) is 9.04. The number of H-pyrrole nitrogens is 1. The van der Waals surface area contributed by atoms with Gasteiger partial charge in [0.05, 0.1) is 0 Å². The van der Waals surface area contributed by atoms with E-state index in [9.17, 15) is 4.79 Å². The number of amides is 1. The van der Waals surface area contributed by atoms with E-state index in [-0.39, 0.29) is 5.91 Å². The molecule has 6 heteroatoms. The number of hydrogen-bond donors (Lipinski definition) is 2. The number of aromatic amines is 1. The van der Waals surface area contributed by atoms with Crippen molar-refractivity contribution in [1.29, 1.82) is 0 Å². The lowest BCUT2D eigenvalue weighted by molar-refractivity contribution is -0.121. The van der Waals surface area contributed by atoms with Crippen LogP contribution in [-0.4, -0.2) is 25.4 Å². The van der Waals surface area contributed by atoms with E-state index in [2.05, 4.69) is 32.4 Å². The van der Waals surface area contributed by atoms with Crippen LogP contribution >= 0.6 is 0 Å². The summed E-state index contributed by atoms with van der Waals surface area (Å²) in [6.07, 6.45) is 11.3. The first kappa shape index (κ1) is 17.0. The zero-order valence-electron chi connectivity index (χ0n) is 14.9. The lowest BCUT2D eigenvalue weighted by Crippen LogP contribution is -2.22. The third-order valence-corrected chi connectivity index (χ3v) is 4.59.